The summed E-state index contributed by atoms with van der Waals surface area (Å²) in [6.45, 7) is 2.35. The van der Waals surface area contributed by atoms with E-state index in [2.05, 4.69) is 5.32 Å². The van der Waals surface area contributed by atoms with E-state index in [0.717, 1.165) is 0 Å². The number of carboxylic acid groups (broad SMARTS) is 1. The molecule has 3 rings (SSSR count). The van der Waals surface area contributed by atoms with E-state index >= 15 is 0 Å². The Labute approximate surface area is 192 Å². The number of piperidine rings is 1. The Morgan fingerprint density at radius 2 is 1.73 bits per heavy atom. The first-order valence-electron chi connectivity index (χ1n) is 10.6. The van der Waals surface area contributed by atoms with Gasteiger partial charge in [-0.25, -0.2) is 13.2 Å². The SMILES string of the molecule is CCOC(=O)C1CCN(S(=O)(=O)c2cccc(C(=O)CNc3ccc(C(=O)O)cc3)c2)CC1. The largest absolute Gasteiger partial charge is 0.478 e. The predicted octanol–water partition coefficient (Wildman–Crippen LogP) is 2.64. The summed E-state index contributed by atoms with van der Waals surface area (Å²) in [6.07, 6.45) is 0.780. The molecule has 1 aliphatic rings. The molecule has 0 aliphatic carbocycles. The molecule has 1 heterocycles. The summed E-state index contributed by atoms with van der Waals surface area (Å²) in [7, 11) is -3.81. The number of ether oxygens (including phenoxy) is 1. The van der Waals surface area contributed by atoms with E-state index in [9.17, 15) is 22.8 Å². The Bertz CT molecular complexity index is 1120. The molecular weight excluding hydrogens is 448 g/mol. The van der Waals surface area contributed by atoms with Crippen LogP contribution in [0.4, 0.5) is 5.69 Å². The molecule has 176 valence electrons. The van der Waals surface area contributed by atoms with Crippen molar-refractivity contribution in [3.05, 3.63) is 59.7 Å². The zero-order valence-electron chi connectivity index (χ0n) is 18.2. The minimum absolute atomic E-state index is 0.0220. The Kier molecular flexibility index (Phi) is 7.83. The van der Waals surface area contributed by atoms with Gasteiger partial charge in [-0.2, -0.15) is 4.31 Å². The molecule has 0 radical (unpaired) electrons. The Balaban J connectivity index is 1.64. The second kappa shape index (κ2) is 10.6. The van der Waals surface area contributed by atoms with Crippen molar-refractivity contribution in [2.24, 2.45) is 5.92 Å². The van der Waals surface area contributed by atoms with Crippen LogP contribution in [-0.2, 0) is 19.6 Å². The highest BCUT2D eigenvalue weighted by atomic mass is 32.2. The smallest absolute Gasteiger partial charge is 0.335 e. The fourth-order valence-corrected chi connectivity index (χ4v) is 5.10. The molecule has 0 spiro atoms. The molecular formula is C23H26N2O7S. The molecule has 0 bridgehead atoms. The zero-order chi connectivity index (χ0) is 24.0. The summed E-state index contributed by atoms with van der Waals surface area (Å²) in [5.41, 5.74) is 0.949. The third kappa shape index (κ3) is 5.96. The number of esters is 1. The Morgan fingerprint density at radius 3 is 2.33 bits per heavy atom. The highest BCUT2D eigenvalue weighted by molar-refractivity contribution is 7.89. The summed E-state index contributed by atoms with van der Waals surface area (Å²) < 4.78 is 32.5. The summed E-state index contributed by atoms with van der Waals surface area (Å²) in [5.74, 6) is -1.96. The monoisotopic (exact) mass is 474 g/mol. The second-order valence-corrected chi connectivity index (χ2v) is 9.56. The van der Waals surface area contributed by atoms with Crippen LogP contribution in [0.5, 0.6) is 0 Å². The summed E-state index contributed by atoms with van der Waals surface area (Å²) in [4.78, 5) is 35.4. The average Bonchev–Trinajstić information content (AvgIpc) is 2.83. The van der Waals surface area contributed by atoms with E-state index in [1.54, 1.807) is 25.1 Å². The van der Waals surface area contributed by atoms with Crippen molar-refractivity contribution in [3.63, 3.8) is 0 Å². The van der Waals surface area contributed by atoms with Gasteiger partial charge < -0.3 is 15.2 Å². The van der Waals surface area contributed by atoms with E-state index in [4.69, 9.17) is 9.84 Å². The van der Waals surface area contributed by atoms with E-state index in [0.29, 0.717) is 25.1 Å². The van der Waals surface area contributed by atoms with Crippen LogP contribution in [0, 0.1) is 5.92 Å². The number of sulfonamides is 1. The van der Waals surface area contributed by atoms with Gasteiger partial charge in [0.15, 0.2) is 5.78 Å². The van der Waals surface area contributed by atoms with Crippen LogP contribution in [0.25, 0.3) is 0 Å². The summed E-state index contributed by atoms with van der Waals surface area (Å²) >= 11 is 0. The van der Waals surface area contributed by atoms with Gasteiger partial charge in [0.05, 0.1) is 29.5 Å². The topological polar surface area (TPSA) is 130 Å². The van der Waals surface area contributed by atoms with Gasteiger partial charge in [0.2, 0.25) is 10.0 Å². The van der Waals surface area contributed by atoms with Gasteiger partial charge in [-0.15, -0.1) is 0 Å². The Hall–Kier alpha value is -3.24. The number of aromatic carboxylic acids is 1. The normalized spacial score (nSPS) is 15.1. The maximum atomic E-state index is 13.1. The molecule has 1 aliphatic heterocycles. The van der Waals surface area contributed by atoms with Gasteiger partial charge in [0.1, 0.15) is 0 Å². The number of benzene rings is 2. The number of hydrogen-bond acceptors (Lipinski definition) is 7. The van der Waals surface area contributed by atoms with Crippen molar-refractivity contribution < 1.29 is 32.6 Å². The van der Waals surface area contributed by atoms with Crippen LogP contribution < -0.4 is 5.32 Å². The summed E-state index contributed by atoms with van der Waals surface area (Å²) in [5, 5.41) is 11.8. The van der Waals surface area contributed by atoms with Gasteiger partial charge in [-0.3, -0.25) is 9.59 Å². The van der Waals surface area contributed by atoms with Gasteiger partial charge in [-0.1, -0.05) is 12.1 Å². The van der Waals surface area contributed by atoms with E-state index in [1.807, 2.05) is 0 Å². The molecule has 2 N–H and O–H groups in total. The third-order valence-electron chi connectivity index (χ3n) is 5.45. The van der Waals surface area contributed by atoms with E-state index < -0.39 is 16.0 Å². The van der Waals surface area contributed by atoms with Crippen LogP contribution in [0.15, 0.2) is 53.4 Å². The summed E-state index contributed by atoms with van der Waals surface area (Å²) in [6, 6.07) is 11.8. The molecule has 9 nitrogen and oxygen atoms in total. The molecule has 2 aromatic rings. The number of nitrogens with zero attached hydrogens (tertiary/aromatic N) is 1. The first kappa shape index (κ1) is 24.4. The lowest BCUT2D eigenvalue weighted by Gasteiger charge is -2.30. The minimum atomic E-state index is -3.81. The quantitative estimate of drug-likeness (QED) is 0.419. The first-order chi connectivity index (χ1) is 15.7. The highest BCUT2D eigenvalue weighted by Crippen LogP contribution is 2.25. The number of nitrogens with one attached hydrogen (secondary N) is 1. The van der Waals surface area contributed by atoms with Crippen LogP contribution in [0.2, 0.25) is 0 Å². The fraction of sp³-hybridized carbons (Fsp3) is 0.348. The number of carbonyl (C=O) groups is 3. The van der Waals surface area contributed by atoms with Crippen molar-refractivity contribution >= 4 is 33.4 Å². The zero-order valence-corrected chi connectivity index (χ0v) is 19.0. The number of carbonyl (C=O) groups excluding carboxylic acids is 2. The lowest BCUT2D eigenvalue weighted by atomic mass is 9.98. The van der Waals surface area contributed by atoms with Gasteiger partial charge in [0.25, 0.3) is 0 Å². The number of hydrogen-bond donors (Lipinski definition) is 2. The highest BCUT2D eigenvalue weighted by Gasteiger charge is 2.33. The lowest BCUT2D eigenvalue weighted by Crippen LogP contribution is -2.40. The van der Waals surface area contributed by atoms with Crippen LogP contribution in [0.3, 0.4) is 0 Å². The molecule has 1 fully saturated rings. The van der Waals surface area contributed by atoms with Crippen molar-refractivity contribution in [2.45, 2.75) is 24.7 Å². The molecule has 0 atom stereocenters. The number of anilines is 1. The maximum absolute atomic E-state index is 13.1. The third-order valence-corrected chi connectivity index (χ3v) is 7.35. The van der Waals surface area contributed by atoms with Crippen LogP contribution in [0.1, 0.15) is 40.5 Å². The molecule has 33 heavy (non-hydrogen) atoms. The number of rotatable bonds is 9. The van der Waals surface area contributed by atoms with Crippen molar-refractivity contribution in [1.29, 1.82) is 0 Å². The molecule has 1 saturated heterocycles. The van der Waals surface area contributed by atoms with Crippen molar-refractivity contribution in [2.75, 3.05) is 31.6 Å². The fourth-order valence-electron chi connectivity index (χ4n) is 3.59. The van der Waals surface area contributed by atoms with Crippen LogP contribution in [-0.4, -0.2) is 61.8 Å². The lowest BCUT2D eigenvalue weighted by molar-refractivity contribution is -0.149. The van der Waals surface area contributed by atoms with Crippen LogP contribution >= 0.6 is 0 Å². The number of Topliss-reactive ketones (excluding diaryl/α,β-unsaturated/α-hetero) is 1. The molecule has 10 heteroatoms. The van der Waals surface area contributed by atoms with E-state index in [1.165, 1.54) is 34.6 Å². The molecule has 2 aromatic carbocycles. The Morgan fingerprint density at radius 1 is 1.06 bits per heavy atom. The maximum Gasteiger partial charge on any atom is 0.335 e. The van der Waals surface area contributed by atoms with Crippen molar-refractivity contribution in [1.82, 2.24) is 4.31 Å². The van der Waals surface area contributed by atoms with Gasteiger partial charge in [-0.05, 0) is 56.2 Å². The standard InChI is InChI=1S/C23H26N2O7S/c1-2-32-23(29)17-10-12-25(13-11-17)33(30,31)20-5-3-4-18(14-20)21(26)15-24-19-8-6-16(7-9-19)22(27)28/h3-9,14,17,24H,2,10-13,15H2,1H3,(H,27,28). The molecule has 0 aromatic heterocycles. The number of carboxylic acids is 1. The van der Waals surface area contributed by atoms with Gasteiger partial charge in [0, 0.05) is 24.3 Å². The van der Waals surface area contributed by atoms with E-state index in [-0.39, 0.29) is 53.3 Å². The van der Waals surface area contributed by atoms with Gasteiger partial charge >= 0.3 is 11.9 Å². The predicted molar refractivity (Wildman–Crippen MR) is 121 cm³/mol. The average molecular weight is 475 g/mol. The van der Waals surface area contributed by atoms with Crippen molar-refractivity contribution in [3.8, 4) is 0 Å². The number of ketones is 1. The first-order valence-corrected chi connectivity index (χ1v) is 12.0. The molecule has 0 saturated carbocycles. The minimum Gasteiger partial charge on any atom is -0.478 e. The second-order valence-electron chi connectivity index (χ2n) is 7.62. The molecule has 0 unspecified atom stereocenters. The molecule has 0 amide bonds.